The normalized spacial score (nSPS) is 14.9. The number of thiophene rings is 1. The Bertz CT molecular complexity index is 1750. The molecule has 44 heavy (non-hydrogen) atoms. The van der Waals surface area contributed by atoms with Crippen molar-refractivity contribution in [1.82, 2.24) is 4.90 Å². The summed E-state index contributed by atoms with van der Waals surface area (Å²) in [5.74, 6) is -4.24. The van der Waals surface area contributed by atoms with Gasteiger partial charge in [-0.3, -0.25) is 9.29 Å². The Labute approximate surface area is 251 Å². The summed E-state index contributed by atoms with van der Waals surface area (Å²) < 4.78 is 134. The molecule has 2 heterocycles. The van der Waals surface area contributed by atoms with Gasteiger partial charge in [0.1, 0.15) is 29.2 Å². The highest BCUT2D eigenvalue weighted by molar-refractivity contribution is 7.88. The van der Waals surface area contributed by atoms with E-state index in [1.165, 1.54) is 6.07 Å². The fraction of sp³-hybridized carbons (Fsp3) is 0.310. The Morgan fingerprint density at radius 1 is 0.932 bits per heavy atom. The summed E-state index contributed by atoms with van der Waals surface area (Å²) in [6, 6.07) is 12.4. The molecule has 3 aromatic carbocycles. The standard InChI is InChI=1S/C29H24F7NO5S2/c1-28(32,33)24-13-17(31)3-9-22(24)27-26(23-10-8-20(14-25(23)43-27)42-44(38,39)29(34,35)36)41-19-6-4-18(5-7-19)40-21-15-37(16-21)12-2-11-30/h3-10,13-14,21H,2,11-12,15-16H2,1H3. The third-order valence-corrected chi connectivity index (χ3v) is 8.83. The first-order chi connectivity index (χ1) is 20.6. The van der Waals surface area contributed by atoms with E-state index in [4.69, 9.17) is 9.47 Å². The van der Waals surface area contributed by atoms with Crippen molar-refractivity contribution >= 4 is 31.5 Å². The van der Waals surface area contributed by atoms with Gasteiger partial charge in [-0.1, -0.05) is 6.07 Å². The zero-order chi connectivity index (χ0) is 31.9. The smallest absolute Gasteiger partial charge is 0.488 e. The van der Waals surface area contributed by atoms with Crippen LogP contribution in [0.4, 0.5) is 30.7 Å². The van der Waals surface area contributed by atoms with E-state index in [-0.39, 0.29) is 44.8 Å². The highest BCUT2D eigenvalue weighted by atomic mass is 32.2. The quantitative estimate of drug-likeness (QED) is 0.0915. The van der Waals surface area contributed by atoms with Crippen molar-refractivity contribution in [1.29, 1.82) is 0 Å². The van der Waals surface area contributed by atoms with Crippen molar-refractivity contribution in [3.05, 3.63) is 72.0 Å². The van der Waals surface area contributed by atoms with E-state index < -0.39 is 38.7 Å². The van der Waals surface area contributed by atoms with E-state index in [1.807, 2.05) is 0 Å². The van der Waals surface area contributed by atoms with E-state index in [2.05, 4.69) is 9.08 Å². The lowest BCUT2D eigenvalue weighted by atomic mass is 10.00. The minimum Gasteiger partial charge on any atom is -0.488 e. The largest absolute Gasteiger partial charge is 0.534 e. The maximum atomic E-state index is 14.6. The summed E-state index contributed by atoms with van der Waals surface area (Å²) in [4.78, 5) is 2.15. The van der Waals surface area contributed by atoms with Crippen LogP contribution in [0.1, 0.15) is 18.9 Å². The third-order valence-electron chi connectivity index (χ3n) is 6.68. The van der Waals surface area contributed by atoms with Gasteiger partial charge in [-0.2, -0.15) is 21.6 Å². The summed E-state index contributed by atoms with van der Waals surface area (Å²) in [7, 11) is -5.97. The zero-order valence-electron chi connectivity index (χ0n) is 22.8. The molecule has 15 heteroatoms. The Hall–Kier alpha value is -3.56. The molecule has 1 aliphatic rings. The minimum atomic E-state index is -5.97. The molecule has 1 aromatic heterocycles. The van der Waals surface area contributed by atoms with Crippen molar-refractivity contribution in [2.24, 2.45) is 0 Å². The molecule has 0 N–H and O–H groups in total. The fourth-order valence-electron chi connectivity index (χ4n) is 4.59. The van der Waals surface area contributed by atoms with Gasteiger partial charge in [0, 0.05) is 47.8 Å². The van der Waals surface area contributed by atoms with Crippen LogP contribution in [0.5, 0.6) is 23.0 Å². The predicted molar refractivity (Wildman–Crippen MR) is 150 cm³/mol. The Balaban J connectivity index is 1.49. The van der Waals surface area contributed by atoms with Gasteiger partial charge in [-0.15, -0.1) is 11.3 Å². The molecule has 0 unspecified atom stereocenters. The van der Waals surface area contributed by atoms with Crippen LogP contribution in [-0.2, 0) is 16.0 Å². The number of ether oxygens (including phenoxy) is 2. The Morgan fingerprint density at radius 2 is 1.59 bits per heavy atom. The van der Waals surface area contributed by atoms with Crippen LogP contribution in [0.3, 0.4) is 0 Å². The first-order valence-corrected chi connectivity index (χ1v) is 15.4. The van der Waals surface area contributed by atoms with Gasteiger partial charge in [0.05, 0.1) is 11.6 Å². The number of alkyl halides is 6. The molecule has 0 spiro atoms. The van der Waals surface area contributed by atoms with Crippen LogP contribution in [0.15, 0.2) is 60.7 Å². The Morgan fingerprint density at radius 3 is 2.23 bits per heavy atom. The number of hydrogen-bond donors (Lipinski definition) is 0. The Kier molecular flexibility index (Phi) is 8.75. The van der Waals surface area contributed by atoms with Crippen molar-refractivity contribution in [2.75, 3.05) is 26.3 Å². The predicted octanol–water partition coefficient (Wildman–Crippen LogP) is 8.26. The number of likely N-dealkylation sites (tertiary alicyclic amines) is 1. The molecule has 0 amide bonds. The van der Waals surface area contributed by atoms with Gasteiger partial charge in [0.2, 0.25) is 0 Å². The molecule has 0 radical (unpaired) electrons. The van der Waals surface area contributed by atoms with E-state index in [0.717, 1.165) is 35.6 Å². The summed E-state index contributed by atoms with van der Waals surface area (Å²) in [5.41, 5.74) is -6.42. The minimum absolute atomic E-state index is 0.0310. The van der Waals surface area contributed by atoms with Gasteiger partial charge in [0.15, 0.2) is 5.75 Å². The zero-order valence-corrected chi connectivity index (χ0v) is 24.5. The number of nitrogens with zero attached hydrogens (tertiary/aromatic N) is 1. The molecule has 0 aliphatic carbocycles. The second-order valence-electron chi connectivity index (χ2n) is 10.1. The molecule has 0 saturated carbocycles. The molecule has 1 saturated heterocycles. The van der Waals surface area contributed by atoms with Crippen LogP contribution in [0, 0.1) is 5.82 Å². The van der Waals surface area contributed by atoms with Gasteiger partial charge < -0.3 is 13.7 Å². The molecule has 0 bridgehead atoms. The molecule has 5 rings (SSSR count). The maximum absolute atomic E-state index is 14.6. The average Bonchev–Trinajstić information content (AvgIpc) is 3.26. The van der Waals surface area contributed by atoms with E-state index in [9.17, 15) is 39.2 Å². The van der Waals surface area contributed by atoms with Crippen LogP contribution in [-0.4, -0.2) is 51.2 Å². The lowest BCUT2D eigenvalue weighted by Crippen LogP contribution is -2.53. The van der Waals surface area contributed by atoms with Crippen molar-refractivity contribution in [3.8, 4) is 33.4 Å². The van der Waals surface area contributed by atoms with Gasteiger partial charge in [-0.25, -0.2) is 13.2 Å². The summed E-state index contributed by atoms with van der Waals surface area (Å²) in [6.45, 7) is 2.16. The molecular formula is C29H24F7NO5S2. The molecule has 0 atom stereocenters. The SMILES string of the molecule is CC(F)(F)c1cc(F)ccc1-c1sc2cc(OS(=O)(=O)C(F)(F)F)ccc2c1Oc1ccc(OC2CN(CCCF)C2)cc1. The van der Waals surface area contributed by atoms with Gasteiger partial charge >= 0.3 is 15.6 Å². The lowest BCUT2D eigenvalue weighted by Gasteiger charge is -2.38. The van der Waals surface area contributed by atoms with Crippen LogP contribution < -0.4 is 13.7 Å². The van der Waals surface area contributed by atoms with Crippen LogP contribution in [0.25, 0.3) is 20.5 Å². The summed E-state index contributed by atoms with van der Waals surface area (Å²) >= 11 is 0.818. The molecule has 1 aliphatic heterocycles. The molecule has 6 nitrogen and oxygen atoms in total. The summed E-state index contributed by atoms with van der Waals surface area (Å²) in [6.07, 6.45) is 0.382. The number of halogens is 7. The van der Waals surface area contributed by atoms with Gasteiger partial charge in [0.25, 0.3) is 5.92 Å². The summed E-state index contributed by atoms with van der Waals surface area (Å²) in [5, 5.41) is 0.250. The monoisotopic (exact) mass is 663 g/mol. The number of benzene rings is 3. The number of fused-ring (bicyclic) bond motifs is 1. The number of hydrogen-bond acceptors (Lipinski definition) is 7. The maximum Gasteiger partial charge on any atom is 0.534 e. The van der Waals surface area contributed by atoms with E-state index in [1.54, 1.807) is 24.3 Å². The molecule has 4 aromatic rings. The average molecular weight is 664 g/mol. The number of rotatable bonds is 11. The highest BCUT2D eigenvalue weighted by Gasteiger charge is 2.48. The van der Waals surface area contributed by atoms with Gasteiger partial charge in [-0.05, 0) is 61.0 Å². The lowest BCUT2D eigenvalue weighted by molar-refractivity contribution is -0.0500. The molecule has 236 valence electrons. The highest BCUT2D eigenvalue weighted by Crippen LogP contribution is 2.50. The van der Waals surface area contributed by atoms with E-state index in [0.29, 0.717) is 44.8 Å². The van der Waals surface area contributed by atoms with Crippen molar-refractivity contribution in [2.45, 2.75) is 30.9 Å². The van der Waals surface area contributed by atoms with Crippen LogP contribution >= 0.6 is 11.3 Å². The third kappa shape index (κ3) is 6.89. The second-order valence-corrected chi connectivity index (χ2v) is 12.7. The van der Waals surface area contributed by atoms with Crippen molar-refractivity contribution < 1.29 is 52.8 Å². The topological polar surface area (TPSA) is 65.1 Å². The molecule has 1 fully saturated rings. The van der Waals surface area contributed by atoms with E-state index >= 15 is 0 Å². The first kappa shape index (κ1) is 31.9. The fourth-order valence-corrected chi connectivity index (χ4v) is 6.24. The van der Waals surface area contributed by atoms with Crippen molar-refractivity contribution in [3.63, 3.8) is 0 Å². The molecular weight excluding hydrogens is 639 g/mol. The van der Waals surface area contributed by atoms with Crippen LogP contribution in [0.2, 0.25) is 0 Å². The first-order valence-electron chi connectivity index (χ1n) is 13.1. The second kappa shape index (κ2) is 12.1.